The lowest BCUT2D eigenvalue weighted by Gasteiger charge is -2.09. The van der Waals surface area contributed by atoms with Crippen LogP contribution in [0.1, 0.15) is 16.7 Å². The molecule has 2 aromatic carbocycles. The zero-order valence-corrected chi connectivity index (χ0v) is 13.1. The molecule has 4 nitrogen and oxygen atoms in total. The summed E-state index contributed by atoms with van der Waals surface area (Å²) in [7, 11) is -3.61. The van der Waals surface area contributed by atoms with Gasteiger partial charge in [0.1, 0.15) is 0 Å². The quantitative estimate of drug-likeness (QED) is 0.888. The van der Waals surface area contributed by atoms with E-state index in [0.717, 1.165) is 11.1 Å². The van der Waals surface area contributed by atoms with Crippen LogP contribution in [0.25, 0.3) is 0 Å². The van der Waals surface area contributed by atoms with Gasteiger partial charge < -0.3 is 5.11 Å². The van der Waals surface area contributed by atoms with Crippen molar-refractivity contribution in [3.8, 4) is 0 Å². The third kappa shape index (κ3) is 4.04. The Hall–Kier alpha value is -1.40. The molecule has 0 saturated heterocycles. The average Bonchev–Trinajstić information content (AvgIpc) is 2.47. The summed E-state index contributed by atoms with van der Waals surface area (Å²) < 4.78 is 27.0. The van der Waals surface area contributed by atoms with Crippen LogP contribution in [0.2, 0.25) is 5.02 Å². The molecule has 0 amide bonds. The zero-order valence-electron chi connectivity index (χ0n) is 11.5. The molecule has 0 aliphatic rings. The minimum Gasteiger partial charge on any atom is -0.392 e. The van der Waals surface area contributed by atoms with E-state index in [2.05, 4.69) is 4.72 Å². The van der Waals surface area contributed by atoms with Gasteiger partial charge in [-0.3, -0.25) is 0 Å². The minimum absolute atomic E-state index is 0.145. The van der Waals surface area contributed by atoms with Gasteiger partial charge in [-0.15, -0.1) is 0 Å². The summed E-state index contributed by atoms with van der Waals surface area (Å²) in [5, 5.41) is 9.82. The molecule has 0 atom stereocenters. The van der Waals surface area contributed by atoms with Crippen molar-refractivity contribution < 1.29 is 13.5 Å². The maximum absolute atomic E-state index is 12.2. The van der Waals surface area contributed by atoms with Crippen LogP contribution in [0.15, 0.2) is 47.4 Å². The minimum atomic E-state index is -3.61. The fourth-order valence-corrected chi connectivity index (χ4v) is 3.04. The van der Waals surface area contributed by atoms with E-state index >= 15 is 0 Å². The molecular weight excluding hydrogens is 310 g/mol. The Bertz CT molecular complexity index is 727. The standard InChI is InChI=1S/C15H16ClNO3S/c1-11-2-7-15(8-13(11)10-18)21(19,20)17-9-12-3-5-14(16)6-4-12/h2-8,17-18H,9-10H2,1H3. The van der Waals surface area contributed by atoms with Gasteiger partial charge in [0.05, 0.1) is 11.5 Å². The first-order valence-electron chi connectivity index (χ1n) is 6.37. The van der Waals surface area contributed by atoms with Gasteiger partial charge in [-0.05, 0) is 47.9 Å². The Kier molecular flexibility index (Phi) is 5.00. The van der Waals surface area contributed by atoms with E-state index in [1.165, 1.54) is 12.1 Å². The number of aliphatic hydroxyl groups excluding tert-OH is 1. The molecule has 0 saturated carbocycles. The van der Waals surface area contributed by atoms with Crippen molar-refractivity contribution in [2.75, 3.05) is 0 Å². The fraction of sp³-hybridized carbons (Fsp3) is 0.200. The Balaban J connectivity index is 2.16. The smallest absolute Gasteiger partial charge is 0.240 e. The number of hydrogen-bond acceptors (Lipinski definition) is 3. The highest BCUT2D eigenvalue weighted by Crippen LogP contribution is 2.16. The van der Waals surface area contributed by atoms with Crippen LogP contribution in [0.3, 0.4) is 0 Å². The van der Waals surface area contributed by atoms with Crippen molar-refractivity contribution in [2.45, 2.75) is 25.0 Å². The molecule has 0 aliphatic carbocycles. The van der Waals surface area contributed by atoms with Crippen LogP contribution in [0.5, 0.6) is 0 Å². The Morgan fingerprint density at radius 1 is 1.14 bits per heavy atom. The number of rotatable bonds is 5. The normalized spacial score (nSPS) is 11.6. The van der Waals surface area contributed by atoms with E-state index in [1.807, 2.05) is 6.92 Å². The van der Waals surface area contributed by atoms with E-state index in [-0.39, 0.29) is 18.0 Å². The molecule has 0 spiro atoms. The SMILES string of the molecule is Cc1ccc(S(=O)(=O)NCc2ccc(Cl)cc2)cc1CO. The van der Waals surface area contributed by atoms with Crippen LogP contribution >= 0.6 is 11.6 Å². The van der Waals surface area contributed by atoms with Gasteiger partial charge in [0, 0.05) is 11.6 Å². The Morgan fingerprint density at radius 2 is 1.81 bits per heavy atom. The second-order valence-corrected chi connectivity index (χ2v) is 6.90. The van der Waals surface area contributed by atoms with Gasteiger partial charge in [-0.25, -0.2) is 13.1 Å². The first kappa shape index (κ1) is 16.0. The first-order valence-corrected chi connectivity index (χ1v) is 8.23. The molecule has 2 rings (SSSR count). The van der Waals surface area contributed by atoms with Crippen molar-refractivity contribution in [2.24, 2.45) is 0 Å². The molecule has 0 aliphatic heterocycles. The topological polar surface area (TPSA) is 66.4 Å². The highest BCUT2D eigenvalue weighted by molar-refractivity contribution is 7.89. The predicted molar refractivity (Wildman–Crippen MR) is 82.6 cm³/mol. The van der Waals surface area contributed by atoms with Gasteiger partial charge in [0.25, 0.3) is 0 Å². The average molecular weight is 326 g/mol. The Labute approximate surface area is 129 Å². The largest absolute Gasteiger partial charge is 0.392 e. The fourth-order valence-electron chi connectivity index (χ4n) is 1.85. The highest BCUT2D eigenvalue weighted by Gasteiger charge is 2.14. The molecule has 0 bridgehead atoms. The number of nitrogens with one attached hydrogen (secondary N) is 1. The lowest BCUT2D eigenvalue weighted by molar-refractivity contribution is 0.280. The van der Waals surface area contributed by atoms with E-state index in [1.54, 1.807) is 30.3 Å². The molecule has 6 heteroatoms. The molecule has 2 N–H and O–H groups in total. The second kappa shape index (κ2) is 6.58. The van der Waals surface area contributed by atoms with Gasteiger partial charge in [0.15, 0.2) is 0 Å². The van der Waals surface area contributed by atoms with E-state index in [4.69, 9.17) is 11.6 Å². The zero-order chi connectivity index (χ0) is 15.5. The molecule has 0 radical (unpaired) electrons. The van der Waals surface area contributed by atoms with Crippen LogP contribution in [0, 0.1) is 6.92 Å². The summed E-state index contributed by atoms with van der Waals surface area (Å²) in [6, 6.07) is 11.6. The lowest BCUT2D eigenvalue weighted by Crippen LogP contribution is -2.23. The maximum Gasteiger partial charge on any atom is 0.240 e. The number of aliphatic hydroxyl groups is 1. The summed E-state index contributed by atoms with van der Waals surface area (Å²) in [6.45, 7) is 1.82. The number of aryl methyl sites for hydroxylation is 1. The molecular formula is C15H16ClNO3S. The lowest BCUT2D eigenvalue weighted by atomic mass is 10.1. The van der Waals surface area contributed by atoms with Crippen LogP contribution in [-0.4, -0.2) is 13.5 Å². The Morgan fingerprint density at radius 3 is 2.43 bits per heavy atom. The third-order valence-corrected chi connectivity index (χ3v) is 4.83. The van der Waals surface area contributed by atoms with Crippen molar-refractivity contribution >= 4 is 21.6 Å². The van der Waals surface area contributed by atoms with Crippen LogP contribution < -0.4 is 4.72 Å². The van der Waals surface area contributed by atoms with Crippen molar-refractivity contribution in [1.82, 2.24) is 4.72 Å². The molecule has 2 aromatic rings. The summed E-state index contributed by atoms with van der Waals surface area (Å²) in [6.07, 6.45) is 0. The molecule has 0 fully saturated rings. The molecule has 0 aromatic heterocycles. The van der Waals surface area contributed by atoms with Crippen molar-refractivity contribution in [3.63, 3.8) is 0 Å². The number of sulfonamides is 1. The first-order chi connectivity index (χ1) is 9.92. The number of halogens is 1. The van der Waals surface area contributed by atoms with Crippen LogP contribution in [0.4, 0.5) is 0 Å². The summed E-state index contributed by atoms with van der Waals surface area (Å²) >= 11 is 5.78. The summed E-state index contributed by atoms with van der Waals surface area (Å²) in [5.74, 6) is 0. The van der Waals surface area contributed by atoms with Gasteiger partial charge in [0.2, 0.25) is 10.0 Å². The van der Waals surface area contributed by atoms with Crippen molar-refractivity contribution in [1.29, 1.82) is 0 Å². The van der Waals surface area contributed by atoms with E-state index in [9.17, 15) is 13.5 Å². The summed E-state index contributed by atoms with van der Waals surface area (Å²) in [5.41, 5.74) is 2.27. The molecule has 21 heavy (non-hydrogen) atoms. The molecule has 112 valence electrons. The van der Waals surface area contributed by atoms with E-state index in [0.29, 0.717) is 10.6 Å². The van der Waals surface area contributed by atoms with Gasteiger partial charge >= 0.3 is 0 Å². The second-order valence-electron chi connectivity index (χ2n) is 4.70. The highest BCUT2D eigenvalue weighted by atomic mass is 35.5. The third-order valence-electron chi connectivity index (χ3n) is 3.18. The molecule has 0 unspecified atom stereocenters. The predicted octanol–water partition coefficient (Wildman–Crippen LogP) is 2.62. The monoisotopic (exact) mass is 325 g/mol. The molecule has 0 heterocycles. The summed E-state index contributed by atoms with van der Waals surface area (Å²) in [4.78, 5) is 0.145. The van der Waals surface area contributed by atoms with E-state index < -0.39 is 10.0 Å². The van der Waals surface area contributed by atoms with Crippen molar-refractivity contribution in [3.05, 3.63) is 64.2 Å². The van der Waals surface area contributed by atoms with Gasteiger partial charge in [-0.1, -0.05) is 29.8 Å². The number of hydrogen-bond donors (Lipinski definition) is 2. The number of benzene rings is 2. The van der Waals surface area contributed by atoms with Crippen LogP contribution in [-0.2, 0) is 23.2 Å². The van der Waals surface area contributed by atoms with Gasteiger partial charge in [-0.2, -0.15) is 0 Å². The maximum atomic E-state index is 12.2.